The lowest BCUT2D eigenvalue weighted by molar-refractivity contribution is -0.140. The fourth-order valence-corrected chi connectivity index (χ4v) is 2.54. The third kappa shape index (κ3) is 4.25. The molecule has 0 heterocycles. The van der Waals surface area contributed by atoms with Gasteiger partial charge in [-0.3, -0.25) is 4.79 Å². The predicted octanol–water partition coefficient (Wildman–Crippen LogP) is 3.61. The Morgan fingerprint density at radius 1 is 1.06 bits per heavy atom. The van der Waals surface area contributed by atoms with E-state index >= 15 is 0 Å². The van der Waals surface area contributed by atoms with Crippen LogP contribution in [-0.2, 0) is 4.79 Å². The van der Waals surface area contributed by atoms with Crippen LogP contribution < -0.4 is 0 Å². The smallest absolute Gasteiger partial charge is 0.164 e. The number of rotatable bonds is 7. The van der Waals surface area contributed by atoms with E-state index in [9.17, 15) is 9.90 Å². The Morgan fingerprint density at radius 3 is 2.31 bits per heavy atom. The first-order valence-electron chi connectivity index (χ1n) is 6.95. The Bertz CT molecular complexity index is 205. The largest absolute Gasteiger partial charge is 0.382 e. The Morgan fingerprint density at radius 2 is 1.69 bits per heavy atom. The maximum Gasteiger partial charge on any atom is 0.164 e. The highest BCUT2D eigenvalue weighted by Gasteiger charge is 2.35. The molecule has 1 rings (SSSR count). The molecule has 16 heavy (non-hydrogen) atoms. The molecule has 2 nitrogen and oxygen atoms in total. The molecule has 0 bridgehead atoms. The molecule has 0 radical (unpaired) electrons. The minimum atomic E-state index is -0.955. The first-order chi connectivity index (χ1) is 7.69. The summed E-state index contributed by atoms with van der Waals surface area (Å²) in [6, 6.07) is 0. The van der Waals surface area contributed by atoms with Crippen molar-refractivity contribution >= 4 is 5.78 Å². The van der Waals surface area contributed by atoms with Gasteiger partial charge in [0.25, 0.3) is 0 Å². The lowest BCUT2D eigenvalue weighted by atomic mass is 9.80. The quantitative estimate of drug-likeness (QED) is 0.673. The topological polar surface area (TPSA) is 37.3 Å². The molecule has 0 aromatic rings. The van der Waals surface area contributed by atoms with E-state index in [-0.39, 0.29) is 5.78 Å². The predicted molar refractivity (Wildman–Crippen MR) is 66.4 cm³/mol. The van der Waals surface area contributed by atoms with Gasteiger partial charge in [0, 0.05) is 6.42 Å². The van der Waals surface area contributed by atoms with E-state index in [4.69, 9.17) is 0 Å². The van der Waals surface area contributed by atoms with Crippen LogP contribution in [0, 0.1) is 0 Å². The van der Waals surface area contributed by atoms with Crippen molar-refractivity contribution in [3.05, 3.63) is 0 Å². The second-order valence-electron chi connectivity index (χ2n) is 5.18. The van der Waals surface area contributed by atoms with Crippen LogP contribution in [0.1, 0.15) is 77.6 Å². The maximum atomic E-state index is 11.9. The molecule has 1 aliphatic rings. The number of hydrogen-bond acceptors (Lipinski definition) is 2. The highest BCUT2D eigenvalue weighted by Crippen LogP contribution is 2.30. The summed E-state index contributed by atoms with van der Waals surface area (Å²) in [4.78, 5) is 11.9. The van der Waals surface area contributed by atoms with Gasteiger partial charge in [0.05, 0.1) is 0 Å². The molecule has 0 spiro atoms. The van der Waals surface area contributed by atoms with E-state index in [0.717, 1.165) is 25.7 Å². The van der Waals surface area contributed by atoms with Crippen LogP contribution >= 0.6 is 0 Å². The third-order valence-corrected chi connectivity index (χ3v) is 3.71. The van der Waals surface area contributed by atoms with Crippen LogP contribution in [0.15, 0.2) is 0 Å². The summed E-state index contributed by atoms with van der Waals surface area (Å²) in [6.45, 7) is 2.19. The van der Waals surface area contributed by atoms with Gasteiger partial charge in [0.15, 0.2) is 5.78 Å². The van der Waals surface area contributed by atoms with Crippen LogP contribution in [0.25, 0.3) is 0 Å². The lowest BCUT2D eigenvalue weighted by Crippen LogP contribution is -2.40. The molecule has 0 aromatic carbocycles. The highest BCUT2D eigenvalue weighted by molar-refractivity contribution is 5.87. The molecule has 0 saturated heterocycles. The number of Topliss-reactive ketones (excluding diaryl/α,β-unsaturated/α-hetero) is 1. The normalized spacial score (nSPS) is 19.6. The summed E-state index contributed by atoms with van der Waals surface area (Å²) in [7, 11) is 0. The molecule has 0 amide bonds. The van der Waals surface area contributed by atoms with Crippen LogP contribution in [0.3, 0.4) is 0 Å². The van der Waals surface area contributed by atoms with Gasteiger partial charge < -0.3 is 5.11 Å². The van der Waals surface area contributed by atoms with Crippen molar-refractivity contribution in [3.8, 4) is 0 Å². The van der Waals surface area contributed by atoms with Gasteiger partial charge in [-0.1, -0.05) is 51.9 Å². The van der Waals surface area contributed by atoms with Crippen molar-refractivity contribution in [3.63, 3.8) is 0 Å². The Kier molecular flexibility index (Phi) is 6.04. The van der Waals surface area contributed by atoms with Crippen LogP contribution in [0.4, 0.5) is 0 Å². The molecule has 2 heteroatoms. The lowest BCUT2D eigenvalue weighted by Gasteiger charge is -2.30. The molecule has 1 fully saturated rings. The number of carbonyl (C=O) groups is 1. The summed E-state index contributed by atoms with van der Waals surface area (Å²) in [5.74, 6) is 0.101. The summed E-state index contributed by atoms with van der Waals surface area (Å²) < 4.78 is 0. The molecular weight excluding hydrogens is 200 g/mol. The average molecular weight is 226 g/mol. The average Bonchev–Trinajstić information content (AvgIpc) is 2.29. The van der Waals surface area contributed by atoms with E-state index in [1.54, 1.807) is 0 Å². The van der Waals surface area contributed by atoms with Gasteiger partial charge in [-0.25, -0.2) is 0 Å². The minimum Gasteiger partial charge on any atom is -0.382 e. The zero-order valence-corrected chi connectivity index (χ0v) is 10.6. The molecule has 0 atom stereocenters. The molecule has 0 unspecified atom stereocenters. The monoisotopic (exact) mass is 226 g/mol. The Labute approximate surface area is 99.4 Å². The zero-order valence-electron chi connectivity index (χ0n) is 10.6. The molecule has 1 saturated carbocycles. The van der Waals surface area contributed by atoms with Gasteiger partial charge in [-0.15, -0.1) is 0 Å². The Balaban J connectivity index is 2.18. The van der Waals surface area contributed by atoms with Gasteiger partial charge in [0.2, 0.25) is 0 Å². The van der Waals surface area contributed by atoms with Crippen molar-refractivity contribution < 1.29 is 9.90 Å². The number of hydrogen-bond donors (Lipinski definition) is 1. The SMILES string of the molecule is CCCCCCCC(=O)C1(O)CCCCC1. The van der Waals surface area contributed by atoms with Crippen molar-refractivity contribution in [2.45, 2.75) is 83.2 Å². The van der Waals surface area contributed by atoms with E-state index < -0.39 is 5.60 Å². The van der Waals surface area contributed by atoms with Crippen LogP contribution in [-0.4, -0.2) is 16.5 Å². The van der Waals surface area contributed by atoms with E-state index in [1.807, 2.05) is 0 Å². The second kappa shape index (κ2) is 7.05. The summed E-state index contributed by atoms with van der Waals surface area (Å²) in [6.07, 6.45) is 11.0. The molecule has 0 aromatic heterocycles. The van der Waals surface area contributed by atoms with Gasteiger partial charge >= 0.3 is 0 Å². The van der Waals surface area contributed by atoms with E-state index in [2.05, 4.69) is 6.92 Å². The number of unbranched alkanes of at least 4 members (excludes halogenated alkanes) is 4. The zero-order chi connectivity index (χ0) is 11.9. The first-order valence-corrected chi connectivity index (χ1v) is 6.95. The highest BCUT2D eigenvalue weighted by atomic mass is 16.3. The van der Waals surface area contributed by atoms with Crippen molar-refractivity contribution in [2.24, 2.45) is 0 Å². The molecular formula is C14H26O2. The van der Waals surface area contributed by atoms with Crippen molar-refractivity contribution in [1.82, 2.24) is 0 Å². The molecule has 94 valence electrons. The fraction of sp³-hybridized carbons (Fsp3) is 0.929. The summed E-state index contributed by atoms with van der Waals surface area (Å²) in [5.41, 5.74) is -0.955. The standard InChI is InChI=1S/C14H26O2/c1-2-3-4-5-7-10-13(15)14(16)11-8-6-9-12-14/h16H,2-12H2,1H3. The van der Waals surface area contributed by atoms with E-state index in [0.29, 0.717) is 19.3 Å². The first kappa shape index (κ1) is 13.7. The molecule has 1 aliphatic carbocycles. The molecule has 0 aliphatic heterocycles. The van der Waals surface area contributed by atoms with Crippen LogP contribution in [0.5, 0.6) is 0 Å². The van der Waals surface area contributed by atoms with Gasteiger partial charge in [-0.05, 0) is 19.3 Å². The van der Waals surface area contributed by atoms with Gasteiger partial charge in [-0.2, -0.15) is 0 Å². The second-order valence-corrected chi connectivity index (χ2v) is 5.18. The molecule has 1 N–H and O–H groups in total. The van der Waals surface area contributed by atoms with E-state index in [1.165, 1.54) is 25.7 Å². The maximum absolute atomic E-state index is 11.9. The Hall–Kier alpha value is -0.370. The van der Waals surface area contributed by atoms with Gasteiger partial charge in [0.1, 0.15) is 5.60 Å². The minimum absolute atomic E-state index is 0.101. The number of aliphatic hydroxyl groups is 1. The number of ketones is 1. The number of carbonyl (C=O) groups excluding carboxylic acids is 1. The van der Waals surface area contributed by atoms with Crippen molar-refractivity contribution in [2.75, 3.05) is 0 Å². The van der Waals surface area contributed by atoms with Crippen molar-refractivity contribution in [1.29, 1.82) is 0 Å². The fourth-order valence-electron chi connectivity index (χ4n) is 2.54. The summed E-state index contributed by atoms with van der Waals surface area (Å²) >= 11 is 0. The third-order valence-electron chi connectivity index (χ3n) is 3.71. The van der Waals surface area contributed by atoms with Crippen LogP contribution in [0.2, 0.25) is 0 Å². The summed E-state index contributed by atoms with van der Waals surface area (Å²) in [5, 5.41) is 10.2.